The Morgan fingerprint density at radius 3 is 2.24 bits per heavy atom. The average molecular weight is 530 g/mol. The van der Waals surface area contributed by atoms with E-state index < -0.39 is 0 Å². The molecule has 0 unspecified atom stereocenters. The van der Waals surface area contributed by atoms with Crippen LogP contribution in [0.15, 0.2) is 24.3 Å². The summed E-state index contributed by atoms with van der Waals surface area (Å²) in [6, 6.07) is 6.87. The zero-order valence-electron chi connectivity index (χ0n) is 23.9. The second-order valence-electron chi connectivity index (χ2n) is 10.6. The minimum Gasteiger partial charge on any atom is -0.466 e. The van der Waals surface area contributed by atoms with Crippen molar-refractivity contribution in [3.63, 3.8) is 0 Å². The van der Waals surface area contributed by atoms with E-state index >= 15 is 0 Å². The van der Waals surface area contributed by atoms with E-state index in [1.54, 1.807) is 19.1 Å². The van der Waals surface area contributed by atoms with Crippen LogP contribution >= 0.6 is 0 Å². The van der Waals surface area contributed by atoms with Gasteiger partial charge in [-0.3, -0.25) is 14.5 Å². The summed E-state index contributed by atoms with van der Waals surface area (Å²) in [5.41, 5.74) is 2.72. The molecule has 8 nitrogen and oxygen atoms in total. The van der Waals surface area contributed by atoms with Gasteiger partial charge in [0.25, 0.3) is 0 Å². The van der Waals surface area contributed by atoms with Gasteiger partial charge < -0.3 is 14.5 Å². The summed E-state index contributed by atoms with van der Waals surface area (Å²) in [6.07, 6.45) is 0.886. The molecule has 1 aromatic heterocycles. The Morgan fingerprint density at radius 2 is 1.68 bits per heavy atom. The number of aryl methyl sites for hydroxylation is 1. The number of hydrogen-bond donors (Lipinski definition) is 0. The summed E-state index contributed by atoms with van der Waals surface area (Å²) in [6.45, 7) is 17.2. The van der Waals surface area contributed by atoms with E-state index in [2.05, 4.69) is 44.4 Å². The van der Waals surface area contributed by atoms with Crippen LogP contribution < -0.4 is 4.90 Å². The third kappa shape index (κ3) is 7.56. The predicted octanol–water partition coefficient (Wildman–Crippen LogP) is 4.43. The van der Waals surface area contributed by atoms with E-state index in [9.17, 15) is 14.0 Å². The Balaban J connectivity index is 1.99. The number of anilines is 1. The molecule has 9 heteroatoms. The van der Waals surface area contributed by atoms with Crippen LogP contribution in [0.5, 0.6) is 0 Å². The van der Waals surface area contributed by atoms with Crippen molar-refractivity contribution in [3.05, 3.63) is 41.3 Å². The fraction of sp³-hybridized carbons (Fsp3) is 0.621. The molecule has 0 bridgehead atoms. The van der Waals surface area contributed by atoms with Gasteiger partial charge in [0.05, 0.1) is 31.0 Å². The van der Waals surface area contributed by atoms with Crippen molar-refractivity contribution in [2.75, 3.05) is 44.2 Å². The summed E-state index contributed by atoms with van der Waals surface area (Å²) >= 11 is 0. The summed E-state index contributed by atoms with van der Waals surface area (Å²) in [5.74, 6) is 0.506. The minimum absolute atomic E-state index is 0.0702. The van der Waals surface area contributed by atoms with Crippen molar-refractivity contribution < 1.29 is 18.7 Å². The molecule has 1 aromatic carbocycles. The number of carbonyl (C=O) groups excluding carboxylic acids is 2. The van der Waals surface area contributed by atoms with Crippen LogP contribution in [-0.4, -0.2) is 76.8 Å². The molecule has 1 aliphatic rings. The summed E-state index contributed by atoms with van der Waals surface area (Å²) in [5, 5.41) is 4.97. The largest absolute Gasteiger partial charge is 0.466 e. The Kier molecular flexibility index (Phi) is 10.7. The number of amides is 1. The van der Waals surface area contributed by atoms with Gasteiger partial charge in [-0.25, -0.2) is 9.07 Å². The number of aromatic nitrogens is 2. The Hall–Kier alpha value is -2.94. The lowest BCUT2D eigenvalue weighted by atomic mass is 10.1. The molecule has 3 rings (SSSR count). The van der Waals surface area contributed by atoms with Gasteiger partial charge in [-0.15, -0.1) is 0 Å². The van der Waals surface area contributed by atoms with E-state index in [-0.39, 0.29) is 36.5 Å². The first-order valence-electron chi connectivity index (χ1n) is 13.9. The molecule has 0 N–H and O–H groups in total. The van der Waals surface area contributed by atoms with E-state index in [4.69, 9.17) is 9.84 Å². The average Bonchev–Trinajstić information content (AvgIpc) is 3.25. The monoisotopic (exact) mass is 529 g/mol. The van der Waals surface area contributed by atoms with Crippen molar-refractivity contribution >= 4 is 17.7 Å². The number of ether oxygens (including phenoxy) is 1. The lowest BCUT2D eigenvalue weighted by Gasteiger charge is -2.38. The van der Waals surface area contributed by atoms with Gasteiger partial charge in [-0.2, -0.15) is 5.10 Å². The molecule has 1 saturated heterocycles. The van der Waals surface area contributed by atoms with Crippen molar-refractivity contribution in [2.24, 2.45) is 5.92 Å². The first kappa shape index (κ1) is 29.6. The minimum atomic E-state index is -0.354. The maximum absolute atomic E-state index is 13.8. The molecule has 0 aliphatic carbocycles. The maximum atomic E-state index is 13.8. The highest BCUT2D eigenvalue weighted by Gasteiger charge is 2.29. The van der Waals surface area contributed by atoms with Crippen LogP contribution in [0.2, 0.25) is 0 Å². The molecule has 2 heterocycles. The number of rotatable bonds is 12. The number of benzene rings is 1. The SMILES string of the molecule is CCOC(=O)CCC(=O)N(Cc1c(CC)nn(-c2ccc(F)cc2)c1N1CCN(C(C)C)CC1)CC(C)C. The number of piperazine rings is 1. The molecular formula is C29H44FN5O3. The van der Waals surface area contributed by atoms with Gasteiger partial charge in [0.1, 0.15) is 11.6 Å². The van der Waals surface area contributed by atoms with Crippen LogP contribution in [0.1, 0.15) is 65.6 Å². The molecule has 1 aliphatic heterocycles. The third-order valence-electron chi connectivity index (χ3n) is 6.93. The van der Waals surface area contributed by atoms with Gasteiger partial charge in [0.15, 0.2) is 0 Å². The zero-order chi connectivity index (χ0) is 27.8. The van der Waals surface area contributed by atoms with Crippen LogP contribution in [0.4, 0.5) is 10.2 Å². The fourth-order valence-electron chi connectivity index (χ4n) is 4.96. The maximum Gasteiger partial charge on any atom is 0.306 e. The van der Waals surface area contributed by atoms with Gasteiger partial charge in [0, 0.05) is 50.7 Å². The number of esters is 1. The number of carbonyl (C=O) groups is 2. The molecule has 0 spiro atoms. The first-order chi connectivity index (χ1) is 18.1. The Morgan fingerprint density at radius 1 is 1.03 bits per heavy atom. The predicted molar refractivity (Wildman–Crippen MR) is 148 cm³/mol. The first-order valence-corrected chi connectivity index (χ1v) is 13.9. The van der Waals surface area contributed by atoms with E-state index in [1.165, 1.54) is 12.1 Å². The Bertz CT molecular complexity index is 1060. The van der Waals surface area contributed by atoms with Crippen molar-refractivity contribution in [1.82, 2.24) is 19.6 Å². The van der Waals surface area contributed by atoms with Gasteiger partial charge in [-0.1, -0.05) is 20.8 Å². The quantitative estimate of drug-likeness (QED) is 0.379. The summed E-state index contributed by atoms with van der Waals surface area (Å²) in [4.78, 5) is 31.9. The van der Waals surface area contributed by atoms with E-state index in [0.717, 1.165) is 48.9 Å². The molecule has 1 amide bonds. The third-order valence-corrected chi connectivity index (χ3v) is 6.93. The normalized spacial score (nSPS) is 14.4. The smallest absolute Gasteiger partial charge is 0.306 e. The van der Waals surface area contributed by atoms with Crippen LogP contribution in [0.3, 0.4) is 0 Å². The molecule has 1 fully saturated rings. The van der Waals surface area contributed by atoms with Crippen molar-refractivity contribution in [3.8, 4) is 5.69 Å². The number of halogens is 1. The van der Waals surface area contributed by atoms with E-state index in [1.807, 2.05) is 9.58 Å². The highest BCUT2D eigenvalue weighted by molar-refractivity contribution is 5.81. The highest BCUT2D eigenvalue weighted by atomic mass is 19.1. The van der Waals surface area contributed by atoms with Crippen molar-refractivity contribution in [1.29, 1.82) is 0 Å². The standard InChI is InChI=1S/C29H44FN5O3/c1-7-26-25(20-34(19-21(3)4)27(36)13-14-28(37)38-8-2)29(33-17-15-32(16-18-33)22(5)6)35(31-26)24-11-9-23(30)10-12-24/h9-12,21-22H,7-8,13-20H2,1-6H3. The fourth-order valence-corrected chi connectivity index (χ4v) is 4.96. The van der Waals surface area contributed by atoms with Gasteiger partial charge in [-0.05, 0) is 57.4 Å². The molecule has 2 aromatic rings. The summed E-state index contributed by atoms with van der Waals surface area (Å²) < 4.78 is 20.7. The lowest BCUT2D eigenvalue weighted by Crippen LogP contribution is -2.49. The molecule has 38 heavy (non-hydrogen) atoms. The van der Waals surface area contributed by atoms with E-state index in [0.29, 0.717) is 32.2 Å². The van der Waals surface area contributed by atoms with Gasteiger partial charge >= 0.3 is 5.97 Å². The lowest BCUT2D eigenvalue weighted by molar-refractivity contribution is -0.145. The van der Waals surface area contributed by atoms with Gasteiger partial charge in [0.2, 0.25) is 5.91 Å². The topological polar surface area (TPSA) is 70.9 Å². The van der Waals surface area contributed by atoms with Crippen LogP contribution in [0.25, 0.3) is 5.69 Å². The number of hydrogen-bond acceptors (Lipinski definition) is 6. The molecule has 0 saturated carbocycles. The van der Waals surface area contributed by atoms with Crippen molar-refractivity contribution in [2.45, 2.75) is 73.4 Å². The second kappa shape index (κ2) is 13.7. The second-order valence-corrected chi connectivity index (χ2v) is 10.6. The zero-order valence-corrected chi connectivity index (χ0v) is 23.9. The molecule has 0 atom stereocenters. The van der Waals surface area contributed by atoms with Crippen LogP contribution in [0, 0.1) is 11.7 Å². The summed E-state index contributed by atoms with van der Waals surface area (Å²) in [7, 11) is 0. The molecule has 0 radical (unpaired) electrons. The highest BCUT2D eigenvalue weighted by Crippen LogP contribution is 2.31. The Labute approximate surface area is 226 Å². The molecular weight excluding hydrogens is 485 g/mol. The molecule has 210 valence electrons. The number of nitrogens with zero attached hydrogens (tertiary/aromatic N) is 5. The van der Waals surface area contributed by atoms with Crippen LogP contribution in [-0.2, 0) is 27.3 Å².